The predicted octanol–water partition coefficient (Wildman–Crippen LogP) is 4.02. The second-order valence-electron chi connectivity index (χ2n) is 6.75. The number of amides is 1. The number of ether oxygens (including phenoxy) is 2. The number of carbonyl (C=O) groups excluding carboxylic acids is 1. The second-order valence-corrected chi connectivity index (χ2v) is 7.69. The van der Waals surface area contributed by atoms with Crippen molar-refractivity contribution >= 4 is 17.7 Å². The number of hydrogen-bond donors (Lipinski definition) is 1. The molecule has 0 saturated carbocycles. The molecule has 2 aromatic carbocycles. The SMILES string of the molecule is C=CCn1c(COc2ccc(OC)cc2)nnc1SCC(=O)N[C@@H](C)c1ccccc1. The molecule has 7 nitrogen and oxygen atoms in total. The summed E-state index contributed by atoms with van der Waals surface area (Å²) >= 11 is 1.34. The maximum absolute atomic E-state index is 12.4. The van der Waals surface area contributed by atoms with Crippen molar-refractivity contribution in [1.82, 2.24) is 20.1 Å². The van der Waals surface area contributed by atoms with Crippen LogP contribution in [-0.2, 0) is 17.9 Å². The second kappa shape index (κ2) is 11.2. The fourth-order valence-corrected chi connectivity index (χ4v) is 3.68. The van der Waals surface area contributed by atoms with Crippen molar-refractivity contribution in [2.75, 3.05) is 12.9 Å². The van der Waals surface area contributed by atoms with E-state index in [0.717, 1.165) is 11.3 Å². The Morgan fingerprint density at radius 2 is 1.87 bits per heavy atom. The summed E-state index contributed by atoms with van der Waals surface area (Å²) in [6, 6.07) is 17.1. The third-order valence-electron chi connectivity index (χ3n) is 4.54. The van der Waals surface area contributed by atoms with Crippen molar-refractivity contribution in [2.24, 2.45) is 0 Å². The molecule has 8 heteroatoms. The van der Waals surface area contributed by atoms with Crippen molar-refractivity contribution in [3.8, 4) is 11.5 Å². The average molecular weight is 439 g/mol. The van der Waals surface area contributed by atoms with Gasteiger partial charge in [-0.1, -0.05) is 48.2 Å². The minimum absolute atomic E-state index is 0.0613. The van der Waals surface area contributed by atoms with E-state index in [1.807, 2.05) is 66.1 Å². The van der Waals surface area contributed by atoms with E-state index in [-0.39, 0.29) is 24.3 Å². The summed E-state index contributed by atoms with van der Waals surface area (Å²) in [4.78, 5) is 12.4. The molecule has 0 radical (unpaired) electrons. The molecule has 0 aliphatic rings. The zero-order valence-electron chi connectivity index (χ0n) is 17.7. The summed E-state index contributed by atoms with van der Waals surface area (Å²) in [5.74, 6) is 2.31. The van der Waals surface area contributed by atoms with Crippen molar-refractivity contribution in [1.29, 1.82) is 0 Å². The zero-order chi connectivity index (χ0) is 22.1. The lowest BCUT2D eigenvalue weighted by Crippen LogP contribution is -2.28. The molecule has 0 fully saturated rings. The van der Waals surface area contributed by atoms with E-state index >= 15 is 0 Å². The summed E-state index contributed by atoms with van der Waals surface area (Å²) in [5, 5.41) is 12.1. The third kappa shape index (κ3) is 6.36. The highest BCUT2D eigenvalue weighted by atomic mass is 32.2. The highest BCUT2D eigenvalue weighted by Gasteiger charge is 2.15. The first-order chi connectivity index (χ1) is 15.1. The van der Waals surface area contributed by atoms with Crippen LogP contribution in [0.15, 0.2) is 72.4 Å². The molecule has 3 aromatic rings. The molecule has 1 atom stereocenters. The van der Waals surface area contributed by atoms with Gasteiger partial charge in [0.25, 0.3) is 0 Å². The number of benzene rings is 2. The molecule has 1 N–H and O–H groups in total. The lowest BCUT2D eigenvalue weighted by atomic mass is 10.1. The quantitative estimate of drug-likeness (QED) is 0.360. The molecule has 0 saturated heterocycles. The van der Waals surface area contributed by atoms with Gasteiger partial charge in [0, 0.05) is 6.54 Å². The van der Waals surface area contributed by atoms with Gasteiger partial charge < -0.3 is 14.8 Å². The number of aromatic nitrogens is 3. The van der Waals surface area contributed by atoms with E-state index in [4.69, 9.17) is 9.47 Å². The maximum atomic E-state index is 12.4. The molecular weight excluding hydrogens is 412 g/mol. The minimum atomic E-state index is -0.0643. The summed E-state index contributed by atoms with van der Waals surface area (Å²) in [7, 11) is 1.62. The van der Waals surface area contributed by atoms with E-state index in [9.17, 15) is 4.79 Å². The number of carbonyl (C=O) groups is 1. The third-order valence-corrected chi connectivity index (χ3v) is 5.51. The van der Waals surface area contributed by atoms with Crippen LogP contribution in [0.4, 0.5) is 0 Å². The summed E-state index contributed by atoms with van der Waals surface area (Å²) in [6.45, 7) is 6.55. The lowest BCUT2D eigenvalue weighted by molar-refractivity contribution is -0.119. The van der Waals surface area contributed by atoms with Crippen LogP contribution in [-0.4, -0.2) is 33.5 Å². The minimum Gasteiger partial charge on any atom is -0.497 e. The van der Waals surface area contributed by atoms with Gasteiger partial charge in [0.15, 0.2) is 11.0 Å². The molecule has 162 valence electrons. The predicted molar refractivity (Wildman–Crippen MR) is 121 cm³/mol. The van der Waals surface area contributed by atoms with Crippen LogP contribution in [0.2, 0.25) is 0 Å². The first kappa shape index (κ1) is 22.4. The van der Waals surface area contributed by atoms with Crippen molar-refractivity contribution in [3.63, 3.8) is 0 Å². The van der Waals surface area contributed by atoms with Gasteiger partial charge in [0.05, 0.1) is 18.9 Å². The number of nitrogens with zero attached hydrogens (tertiary/aromatic N) is 3. The van der Waals surface area contributed by atoms with E-state index in [1.165, 1.54) is 11.8 Å². The summed E-state index contributed by atoms with van der Waals surface area (Å²) in [5.41, 5.74) is 1.06. The molecule has 1 heterocycles. The maximum Gasteiger partial charge on any atom is 0.230 e. The molecule has 0 aliphatic heterocycles. The van der Waals surface area contributed by atoms with Gasteiger partial charge in [0.2, 0.25) is 5.91 Å². The monoisotopic (exact) mass is 438 g/mol. The Morgan fingerprint density at radius 1 is 1.16 bits per heavy atom. The Kier molecular flexibility index (Phi) is 8.12. The molecule has 0 aliphatic carbocycles. The van der Waals surface area contributed by atoms with E-state index in [0.29, 0.717) is 23.3 Å². The Hall–Kier alpha value is -3.26. The number of methoxy groups -OCH3 is 1. The molecule has 1 amide bonds. The molecule has 0 spiro atoms. The van der Waals surface area contributed by atoms with Crippen LogP contribution < -0.4 is 14.8 Å². The largest absolute Gasteiger partial charge is 0.497 e. The fourth-order valence-electron chi connectivity index (χ4n) is 2.90. The van der Waals surface area contributed by atoms with Crippen LogP contribution in [0.25, 0.3) is 0 Å². The molecule has 31 heavy (non-hydrogen) atoms. The van der Waals surface area contributed by atoms with Crippen LogP contribution in [0.1, 0.15) is 24.4 Å². The number of thioether (sulfide) groups is 1. The van der Waals surface area contributed by atoms with Gasteiger partial charge in [-0.25, -0.2) is 0 Å². The average Bonchev–Trinajstić information content (AvgIpc) is 3.19. The van der Waals surface area contributed by atoms with Gasteiger partial charge in [-0.3, -0.25) is 9.36 Å². The van der Waals surface area contributed by atoms with Gasteiger partial charge in [-0.2, -0.15) is 0 Å². The fraction of sp³-hybridized carbons (Fsp3) is 0.261. The van der Waals surface area contributed by atoms with E-state index in [2.05, 4.69) is 22.1 Å². The molecule has 0 bridgehead atoms. The van der Waals surface area contributed by atoms with Crippen molar-refractivity contribution in [2.45, 2.75) is 31.3 Å². The van der Waals surface area contributed by atoms with E-state index in [1.54, 1.807) is 13.2 Å². The highest BCUT2D eigenvalue weighted by molar-refractivity contribution is 7.99. The van der Waals surface area contributed by atoms with Crippen molar-refractivity contribution < 1.29 is 14.3 Å². The highest BCUT2D eigenvalue weighted by Crippen LogP contribution is 2.21. The van der Waals surface area contributed by atoms with Gasteiger partial charge in [-0.05, 0) is 36.8 Å². The Balaban J connectivity index is 1.57. The Bertz CT molecular complexity index is 990. The van der Waals surface area contributed by atoms with E-state index < -0.39 is 0 Å². The molecule has 0 unspecified atom stereocenters. The molecule has 1 aromatic heterocycles. The topological polar surface area (TPSA) is 78.3 Å². The smallest absolute Gasteiger partial charge is 0.230 e. The van der Waals surface area contributed by atoms with Crippen LogP contribution in [0.5, 0.6) is 11.5 Å². The van der Waals surface area contributed by atoms with Gasteiger partial charge in [0.1, 0.15) is 18.1 Å². The van der Waals surface area contributed by atoms with Crippen LogP contribution >= 0.6 is 11.8 Å². The first-order valence-electron chi connectivity index (χ1n) is 9.87. The molecule has 3 rings (SSSR count). The summed E-state index contributed by atoms with van der Waals surface area (Å²) < 4.78 is 12.9. The number of rotatable bonds is 11. The Morgan fingerprint density at radius 3 is 2.55 bits per heavy atom. The molecular formula is C23H26N4O3S. The number of nitrogens with one attached hydrogen (secondary N) is 1. The zero-order valence-corrected chi connectivity index (χ0v) is 18.5. The van der Waals surface area contributed by atoms with Crippen molar-refractivity contribution in [3.05, 3.63) is 78.6 Å². The number of hydrogen-bond acceptors (Lipinski definition) is 6. The lowest BCUT2D eigenvalue weighted by Gasteiger charge is -2.14. The first-order valence-corrected chi connectivity index (χ1v) is 10.9. The number of allylic oxidation sites excluding steroid dienone is 1. The Labute approximate surface area is 186 Å². The van der Waals surface area contributed by atoms with Gasteiger partial charge >= 0.3 is 0 Å². The van der Waals surface area contributed by atoms with Crippen LogP contribution in [0.3, 0.4) is 0 Å². The summed E-state index contributed by atoms with van der Waals surface area (Å²) in [6.07, 6.45) is 1.77. The van der Waals surface area contributed by atoms with Crippen LogP contribution in [0, 0.1) is 0 Å². The normalized spacial score (nSPS) is 11.5. The van der Waals surface area contributed by atoms with Gasteiger partial charge in [-0.15, -0.1) is 16.8 Å². The standard InChI is InChI=1S/C23H26N4O3S/c1-4-14-27-21(15-30-20-12-10-19(29-3)11-13-20)25-26-23(27)31-16-22(28)24-17(2)18-8-6-5-7-9-18/h4-13,17H,1,14-16H2,2-3H3,(H,24,28)/t17-/m0/s1.